The van der Waals surface area contributed by atoms with Gasteiger partial charge in [0.05, 0.1) is 6.07 Å². The molecule has 0 aromatic carbocycles. The SMILES string of the molecule is CN(C(=O)[C@H](NC(=O)C(C)(C)C)C1CCCC1)[C@@H](CC1CCC1)C(=O)N[C@H](C#N)C[C@@H]1CCNC1=O. The van der Waals surface area contributed by atoms with Gasteiger partial charge in [0, 0.05) is 24.9 Å². The number of carbonyl (C=O) groups excluding carboxylic acids is 4. The molecule has 3 N–H and O–H groups in total. The number of nitrogens with one attached hydrogen (secondary N) is 3. The minimum absolute atomic E-state index is 0.0476. The van der Waals surface area contributed by atoms with Crippen LogP contribution >= 0.6 is 0 Å². The van der Waals surface area contributed by atoms with Crippen LogP contribution in [0.5, 0.6) is 0 Å². The first-order valence-electron chi connectivity index (χ1n) is 13.6. The fourth-order valence-corrected chi connectivity index (χ4v) is 5.45. The molecular formula is C27H43N5O4. The lowest BCUT2D eigenvalue weighted by molar-refractivity contribution is -0.145. The number of nitriles is 1. The molecule has 0 aromatic rings. The van der Waals surface area contributed by atoms with Crippen molar-refractivity contribution in [2.24, 2.45) is 23.2 Å². The molecule has 2 saturated carbocycles. The van der Waals surface area contributed by atoms with Crippen LogP contribution in [0.25, 0.3) is 0 Å². The largest absolute Gasteiger partial charge is 0.356 e. The lowest BCUT2D eigenvalue weighted by Gasteiger charge is -2.37. The van der Waals surface area contributed by atoms with E-state index in [1.54, 1.807) is 7.05 Å². The second kappa shape index (κ2) is 12.1. The topological polar surface area (TPSA) is 131 Å². The van der Waals surface area contributed by atoms with Crippen molar-refractivity contribution >= 4 is 23.6 Å². The molecule has 1 aliphatic heterocycles. The molecule has 1 heterocycles. The van der Waals surface area contributed by atoms with E-state index in [0.29, 0.717) is 25.3 Å². The van der Waals surface area contributed by atoms with E-state index >= 15 is 0 Å². The van der Waals surface area contributed by atoms with Gasteiger partial charge in [0.1, 0.15) is 18.1 Å². The Kier molecular flexibility index (Phi) is 9.37. The summed E-state index contributed by atoms with van der Waals surface area (Å²) < 4.78 is 0. The van der Waals surface area contributed by atoms with Crippen molar-refractivity contribution in [2.45, 2.75) is 103 Å². The number of amides is 4. The zero-order valence-electron chi connectivity index (χ0n) is 22.3. The Hall–Kier alpha value is -2.63. The summed E-state index contributed by atoms with van der Waals surface area (Å²) in [6.45, 7) is 6.05. The van der Waals surface area contributed by atoms with Crippen molar-refractivity contribution < 1.29 is 19.2 Å². The maximum atomic E-state index is 13.8. The molecule has 4 atom stereocenters. The third-order valence-corrected chi connectivity index (χ3v) is 8.16. The van der Waals surface area contributed by atoms with Gasteiger partial charge >= 0.3 is 0 Å². The lowest BCUT2D eigenvalue weighted by Crippen LogP contribution is -2.58. The summed E-state index contributed by atoms with van der Waals surface area (Å²) in [6.07, 6.45) is 8.36. The fraction of sp³-hybridized carbons (Fsp3) is 0.815. The van der Waals surface area contributed by atoms with Crippen LogP contribution in [0, 0.1) is 34.5 Å². The van der Waals surface area contributed by atoms with Crippen molar-refractivity contribution in [3.05, 3.63) is 0 Å². The van der Waals surface area contributed by atoms with Gasteiger partial charge < -0.3 is 20.9 Å². The monoisotopic (exact) mass is 501 g/mol. The average molecular weight is 502 g/mol. The van der Waals surface area contributed by atoms with Crippen LogP contribution in [0.4, 0.5) is 0 Å². The fourth-order valence-electron chi connectivity index (χ4n) is 5.45. The highest BCUT2D eigenvalue weighted by atomic mass is 16.2. The van der Waals surface area contributed by atoms with Crippen LogP contribution in [0.1, 0.15) is 85.0 Å². The zero-order chi connectivity index (χ0) is 26.5. The Labute approximate surface area is 215 Å². The summed E-state index contributed by atoms with van der Waals surface area (Å²) in [6, 6.07) is -0.0799. The van der Waals surface area contributed by atoms with Gasteiger partial charge in [0.2, 0.25) is 23.6 Å². The maximum absolute atomic E-state index is 13.8. The molecule has 3 aliphatic rings. The molecule has 200 valence electrons. The van der Waals surface area contributed by atoms with Crippen LogP contribution in [0.15, 0.2) is 0 Å². The third-order valence-electron chi connectivity index (χ3n) is 8.16. The van der Waals surface area contributed by atoms with Crippen molar-refractivity contribution in [2.75, 3.05) is 13.6 Å². The number of nitrogens with zero attached hydrogens (tertiary/aromatic N) is 2. The molecule has 2 aliphatic carbocycles. The second-order valence-electron chi connectivity index (χ2n) is 11.9. The van der Waals surface area contributed by atoms with Gasteiger partial charge in [-0.2, -0.15) is 5.26 Å². The smallest absolute Gasteiger partial charge is 0.245 e. The van der Waals surface area contributed by atoms with Gasteiger partial charge in [0.15, 0.2) is 0 Å². The van der Waals surface area contributed by atoms with E-state index < -0.39 is 23.5 Å². The normalized spacial score (nSPS) is 23.1. The van der Waals surface area contributed by atoms with Gasteiger partial charge in [-0.05, 0) is 43.9 Å². The molecule has 9 heteroatoms. The highest BCUT2D eigenvalue weighted by molar-refractivity contribution is 5.93. The van der Waals surface area contributed by atoms with E-state index in [1.165, 1.54) is 4.90 Å². The van der Waals surface area contributed by atoms with Gasteiger partial charge in [-0.1, -0.05) is 52.9 Å². The van der Waals surface area contributed by atoms with Crippen LogP contribution in [0.3, 0.4) is 0 Å². The molecule has 3 fully saturated rings. The summed E-state index contributed by atoms with van der Waals surface area (Å²) in [7, 11) is 1.64. The molecule has 0 aromatic heterocycles. The standard InChI is InChI=1S/C27H43N5O4/c1-27(2,3)26(36)31-22(18-10-5-6-11-18)25(35)32(4)21(14-17-8-7-9-17)24(34)30-20(16-28)15-19-12-13-29-23(19)33/h17-22H,5-15H2,1-4H3,(H,29,33)(H,30,34)(H,31,36)/t19-,20-,21-,22+/m0/s1. The third kappa shape index (κ3) is 6.98. The molecule has 4 amide bonds. The van der Waals surface area contributed by atoms with Gasteiger partial charge in [0.25, 0.3) is 0 Å². The first kappa shape index (κ1) is 27.9. The number of hydrogen-bond acceptors (Lipinski definition) is 5. The predicted molar refractivity (Wildman–Crippen MR) is 135 cm³/mol. The predicted octanol–water partition coefficient (Wildman–Crippen LogP) is 2.26. The lowest BCUT2D eigenvalue weighted by atomic mass is 9.80. The van der Waals surface area contributed by atoms with Crippen LogP contribution in [0.2, 0.25) is 0 Å². The molecule has 0 spiro atoms. The van der Waals surface area contributed by atoms with E-state index in [9.17, 15) is 24.4 Å². The molecule has 0 radical (unpaired) electrons. The van der Waals surface area contributed by atoms with Crippen LogP contribution in [-0.2, 0) is 19.2 Å². The maximum Gasteiger partial charge on any atom is 0.245 e. The van der Waals surface area contributed by atoms with E-state index in [0.717, 1.165) is 44.9 Å². The summed E-state index contributed by atoms with van der Waals surface area (Å²) >= 11 is 0. The summed E-state index contributed by atoms with van der Waals surface area (Å²) in [5, 5.41) is 18.3. The Balaban J connectivity index is 1.75. The van der Waals surface area contributed by atoms with Gasteiger partial charge in [-0.25, -0.2) is 0 Å². The number of hydrogen-bond donors (Lipinski definition) is 3. The molecule has 9 nitrogen and oxygen atoms in total. The molecule has 0 bridgehead atoms. The van der Waals surface area contributed by atoms with Crippen LogP contribution < -0.4 is 16.0 Å². The average Bonchev–Trinajstić information content (AvgIpc) is 3.46. The molecule has 0 unspecified atom stereocenters. The highest BCUT2D eigenvalue weighted by Gasteiger charge is 2.40. The summed E-state index contributed by atoms with van der Waals surface area (Å²) in [5.74, 6) is -0.772. The Morgan fingerprint density at radius 3 is 2.22 bits per heavy atom. The van der Waals surface area contributed by atoms with E-state index in [2.05, 4.69) is 22.0 Å². The van der Waals surface area contributed by atoms with Gasteiger partial charge in [-0.15, -0.1) is 0 Å². The van der Waals surface area contributed by atoms with Crippen molar-refractivity contribution in [1.29, 1.82) is 5.26 Å². The zero-order valence-corrected chi connectivity index (χ0v) is 22.3. The molecule has 3 rings (SSSR count). The first-order valence-corrected chi connectivity index (χ1v) is 13.6. The number of rotatable bonds is 10. The highest BCUT2D eigenvalue weighted by Crippen LogP contribution is 2.33. The van der Waals surface area contributed by atoms with Crippen molar-refractivity contribution in [3.63, 3.8) is 0 Å². The van der Waals surface area contributed by atoms with Crippen molar-refractivity contribution in [3.8, 4) is 6.07 Å². The molecular weight excluding hydrogens is 458 g/mol. The molecule has 1 saturated heterocycles. The van der Waals surface area contributed by atoms with E-state index in [1.807, 2.05) is 20.8 Å². The Morgan fingerprint density at radius 2 is 1.72 bits per heavy atom. The summed E-state index contributed by atoms with van der Waals surface area (Å²) in [4.78, 5) is 53.6. The number of carbonyl (C=O) groups is 4. The first-order chi connectivity index (χ1) is 17.0. The number of likely N-dealkylation sites (N-methyl/N-ethyl adjacent to an activating group) is 1. The second-order valence-corrected chi connectivity index (χ2v) is 11.9. The van der Waals surface area contributed by atoms with Gasteiger partial charge in [-0.3, -0.25) is 19.2 Å². The minimum Gasteiger partial charge on any atom is -0.356 e. The van der Waals surface area contributed by atoms with E-state index in [4.69, 9.17) is 0 Å². The molecule has 36 heavy (non-hydrogen) atoms. The summed E-state index contributed by atoms with van der Waals surface area (Å²) in [5.41, 5.74) is -0.634. The quantitative estimate of drug-likeness (QED) is 0.423. The van der Waals surface area contributed by atoms with Crippen LogP contribution in [-0.4, -0.2) is 60.2 Å². The van der Waals surface area contributed by atoms with Crippen molar-refractivity contribution in [1.82, 2.24) is 20.9 Å². The van der Waals surface area contributed by atoms with E-state index in [-0.39, 0.29) is 41.9 Å². The minimum atomic E-state index is -0.801. The Morgan fingerprint density at radius 1 is 1.06 bits per heavy atom. The Bertz CT molecular complexity index is 866.